The Labute approximate surface area is 162 Å². The van der Waals surface area contributed by atoms with Crippen molar-refractivity contribution >= 4 is 23.2 Å². The number of anilines is 2. The molecule has 0 atom stereocenters. The molecule has 0 radical (unpaired) electrons. The summed E-state index contributed by atoms with van der Waals surface area (Å²) in [7, 11) is 1.55. The van der Waals surface area contributed by atoms with Gasteiger partial charge in [0.15, 0.2) is 0 Å². The van der Waals surface area contributed by atoms with Gasteiger partial charge in [-0.1, -0.05) is 18.2 Å². The van der Waals surface area contributed by atoms with Gasteiger partial charge in [-0.3, -0.25) is 9.59 Å². The lowest BCUT2D eigenvalue weighted by atomic mass is 10.2. The van der Waals surface area contributed by atoms with Crippen molar-refractivity contribution in [2.75, 3.05) is 24.3 Å². The Balaban J connectivity index is 1.54. The zero-order chi connectivity index (χ0) is 19.8. The summed E-state index contributed by atoms with van der Waals surface area (Å²) in [5.41, 5.74) is 1.75. The van der Waals surface area contributed by atoms with Gasteiger partial charge < -0.3 is 25.1 Å². The van der Waals surface area contributed by atoms with Crippen LogP contribution in [0.15, 0.2) is 71.3 Å². The Morgan fingerprint density at radius 3 is 2.68 bits per heavy atom. The summed E-state index contributed by atoms with van der Waals surface area (Å²) in [6, 6.07) is 17.7. The van der Waals surface area contributed by atoms with E-state index in [0.29, 0.717) is 35.0 Å². The molecule has 2 aromatic carbocycles. The quantitative estimate of drug-likeness (QED) is 0.559. The topological polar surface area (TPSA) is 92.6 Å². The lowest BCUT2D eigenvalue weighted by Gasteiger charge is -2.11. The van der Waals surface area contributed by atoms with Crippen LogP contribution in [0.4, 0.5) is 11.4 Å². The Bertz CT molecular complexity index is 938. The fourth-order valence-corrected chi connectivity index (χ4v) is 2.58. The van der Waals surface area contributed by atoms with Gasteiger partial charge in [-0.15, -0.1) is 0 Å². The fourth-order valence-electron chi connectivity index (χ4n) is 2.58. The molecule has 0 spiro atoms. The van der Waals surface area contributed by atoms with Crippen LogP contribution < -0.4 is 20.7 Å². The molecule has 0 saturated carbocycles. The van der Waals surface area contributed by atoms with Gasteiger partial charge >= 0.3 is 0 Å². The highest BCUT2D eigenvalue weighted by Gasteiger charge is 2.09. The van der Waals surface area contributed by atoms with Gasteiger partial charge in [-0.05, 0) is 42.5 Å². The highest BCUT2D eigenvalue weighted by molar-refractivity contribution is 5.96. The third-order valence-electron chi connectivity index (χ3n) is 3.96. The smallest absolute Gasteiger partial charge is 0.251 e. The number of furan rings is 1. The van der Waals surface area contributed by atoms with Crippen molar-refractivity contribution in [2.24, 2.45) is 0 Å². The van der Waals surface area contributed by atoms with Crippen LogP contribution in [0.1, 0.15) is 16.1 Å². The van der Waals surface area contributed by atoms with Crippen molar-refractivity contribution in [3.8, 4) is 5.75 Å². The molecule has 2 amide bonds. The van der Waals surface area contributed by atoms with E-state index in [0.717, 1.165) is 0 Å². The predicted octanol–water partition coefficient (Wildman–Crippen LogP) is 3.27. The van der Waals surface area contributed by atoms with E-state index < -0.39 is 0 Å². The van der Waals surface area contributed by atoms with Crippen LogP contribution in [-0.2, 0) is 11.3 Å². The highest BCUT2D eigenvalue weighted by atomic mass is 16.5. The molecule has 1 heterocycles. The second kappa shape index (κ2) is 9.27. The molecule has 144 valence electrons. The van der Waals surface area contributed by atoms with Crippen molar-refractivity contribution in [3.63, 3.8) is 0 Å². The standard InChI is InChI=1S/C21H21N3O4/c1-27-19-10-3-2-9-18(19)24-20(25)14-22-16-7-4-6-15(12-16)21(26)23-13-17-8-5-11-28-17/h2-12,22H,13-14H2,1H3,(H,23,26)(H,24,25). The van der Waals surface area contributed by atoms with Crippen molar-refractivity contribution in [1.29, 1.82) is 0 Å². The number of para-hydroxylation sites is 2. The molecule has 0 bridgehead atoms. The Morgan fingerprint density at radius 1 is 1.04 bits per heavy atom. The van der Waals surface area contributed by atoms with Gasteiger partial charge in [-0.2, -0.15) is 0 Å². The largest absolute Gasteiger partial charge is 0.495 e. The molecule has 0 aliphatic rings. The van der Waals surface area contributed by atoms with Gasteiger partial charge in [0.05, 0.1) is 32.1 Å². The molecule has 3 rings (SSSR count). The molecule has 3 N–H and O–H groups in total. The maximum atomic E-state index is 12.3. The summed E-state index contributed by atoms with van der Waals surface area (Å²) in [6.07, 6.45) is 1.56. The molecule has 0 aliphatic carbocycles. The maximum absolute atomic E-state index is 12.3. The molecule has 7 nitrogen and oxygen atoms in total. The molecule has 0 unspecified atom stereocenters. The minimum atomic E-state index is -0.225. The number of hydrogen-bond donors (Lipinski definition) is 3. The first-order valence-corrected chi connectivity index (χ1v) is 8.73. The monoisotopic (exact) mass is 379 g/mol. The van der Waals surface area contributed by atoms with Crippen LogP contribution in [0.25, 0.3) is 0 Å². The number of nitrogens with one attached hydrogen (secondary N) is 3. The molecule has 3 aromatic rings. The number of carbonyl (C=O) groups is 2. The second-order valence-corrected chi connectivity index (χ2v) is 5.94. The maximum Gasteiger partial charge on any atom is 0.251 e. The summed E-state index contributed by atoms with van der Waals surface area (Å²) in [5.74, 6) is 0.817. The van der Waals surface area contributed by atoms with E-state index in [-0.39, 0.29) is 18.4 Å². The van der Waals surface area contributed by atoms with Crippen molar-refractivity contribution < 1.29 is 18.7 Å². The predicted molar refractivity (Wildman–Crippen MR) is 106 cm³/mol. The highest BCUT2D eigenvalue weighted by Crippen LogP contribution is 2.22. The number of amides is 2. The molecule has 0 saturated heterocycles. The number of methoxy groups -OCH3 is 1. The van der Waals surface area contributed by atoms with E-state index in [1.165, 1.54) is 0 Å². The third-order valence-corrected chi connectivity index (χ3v) is 3.96. The van der Waals surface area contributed by atoms with E-state index in [1.807, 2.05) is 12.1 Å². The van der Waals surface area contributed by atoms with Crippen LogP contribution in [0, 0.1) is 0 Å². The lowest BCUT2D eigenvalue weighted by Crippen LogP contribution is -2.23. The minimum Gasteiger partial charge on any atom is -0.495 e. The molecular formula is C21H21N3O4. The van der Waals surface area contributed by atoms with E-state index >= 15 is 0 Å². The number of carbonyl (C=O) groups excluding carboxylic acids is 2. The molecule has 28 heavy (non-hydrogen) atoms. The molecule has 7 heteroatoms. The zero-order valence-corrected chi connectivity index (χ0v) is 15.4. The molecule has 1 aromatic heterocycles. The van der Waals surface area contributed by atoms with Gasteiger partial charge in [0.1, 0.15) is 11.5 Å². The zero-order valence-electron chi connectivity index (χ0n) is 15.4. The summed E-state index contributed by atoms with van der Waals surface area (Å²) in [6.45, 7) is 0.361. The van der Waals surface area contributed by atoms with Gasteiger partial charge in [-0.25, -0.2) is 0 Å². The summed E-state index contributed by atoms with van der Waals surface area (Å²) in [4.78, 5) is 24.5. The normalized spacial score (nSPS) is 10.2. The van der Waals surface area contributed by atoms with Crippen LogP contribution in [0.5, 0.6) is 5.75 Å². The SMILES string of the molecule is COc1ccccc1NC(=O)CNc1cccc(C(=O)NCc2ccco2)c1. The average molecular weight is 379 g/mol. The van der Waals surface area contributed by atoms with E-state index in [1.54, 1.807) is 61.9 Å². The molecule has 0 aliphatic heterocycles. The summed E-state index contributed by atoms with van der Waals surface area (Å²) < 4.78 is 10.4. The number of rotatable bonds is 8. The van der Waals surface area contributed by atoms with Crippen LogP contribution in [0.2, 0.25) is 0 Å². The number of ether oxygens (including phenoxy) is 1. The van der Waals surface area contributed by atoms with E-state index in [4.69, 9.17) is 9.15 Å². The first kappa shape index (κ1) is 19.0. The van der Waals surface area contributed by atoms with Gasteiger partial charge in [0.25, 0.3) is 5.91 Å². The van der Waals surface area contributed by atoms with Crippen molar-refractivity contribution in [3.05, 3.63) is 78.3 Å². The van der Waals surface area contributed by atoms with Crippen molar-refractivity contribution in [2.45, 2.75) is 6.54 Å². The Kier molecular flexibility index (Phi) is 6.30. The first-order chi connectivity index (χ1) is 13.7. The lowest BCUT2D eigenvalue weighted by molar-refractivity contribution is -0.114. The fraction of sp³-hybridized carbons (Fsp3) is 0.143. The number of benzene rings is 2. The minimum absolute atomic E-state index is 0.0511. The van der Waals surface area contributed by atoms with Crippen LogP contribution in [-0.4, -0.2) is 25.5 Å². The molecule has 0 fully saturated rings. The van der Waals surface area contributed by atoms with E-state index in [9.17, 15) is 9.59 Å². The summed E-state index contributed by atoms with van der Waals surface area (Å²) >= 11 is 0. The third kappa shape index (κ3) is 5.14. The Hall–Kier alpha value is -3.74. The van der Waals surface area contributed by atoms with Crippen molar-refractivity contribution in [1.82, 2.24) is 5.32 Å². The molecular weight excluding hydrogens is 358 g/mol. The van der Waals surface area contributed by atoms with Gasteiger partial charge in [0, 0.05) is 11.3 Å². The summed E-state index contributed by atoms with van der Waals surface area (Å²) in [5, 5.41) is 8.59. The van der Waals surface area contributed by atoms with Gasteiger partial charge in [0.2, 0.25) is 5.91 Å². The second-order valence-electron chi connectivity index (χ2n) is 5.94. The average Bonchev–Trinajstić information content (AvgIpc) is 3.25. The van der Waals surface area contributed by atoms with Crippen LogP contribution >= 0.6 is 0 Å². The Morgan fingerprint density at radius 2 is 1.89 bits per heavy atom. The number of hydrogen-bond acceptors (Lipinski definition) is 5. The van der Waals surface area contributed by atoms with E-state index in [2.05, 4.69) is 16.0 Å². The van der Waals surface area contributed by atoms with Crippen LogP contribution in [0.3, 0.4) is 0 Å². The first-order valence-electron chi connectivity index (χ1n) is 8.73.